The van der Waals surface area contributed by atoms with Crippen molar-refractivity contribution in [3.8, 4) is 5.75 Å². The number of thioether (sulfide) groups is 1. The smallest absolute Gasteiger partial charge is 0.263 e. The maximum absolute atomic E-state index is 12.5. The second-order valence-electron chi connectivity index (χ2n) is 6.32. The molecule has 144 valence electrons. The molecule has 0 saturated carbocycles. The number of carbonyl (C=O) groups is 1. The summed E-state index contributed by atoms with van der Waals surface area (Å²) in [7, 11) is -3.51. The number of carbonyl (C=O) groups excluding carboxylic acids is 1. The molecule has 1 N–H and O–H groups in total. The van der Waals surface area contributed by atoms with Crippen LogP contribution in [0.4, 0.5) is 5.69 Å². The van der Waals surface area contributed by atoms with Crippen LogP contribution in [0.25, 0.3) is 0 Å². The van der Waals surface area contributed by atoms with E-state index in [1.807, 2.05) is 43.3 Å². The minimum absolute atomic E-state index is 0.0348. The molecule has 1 atom stereocenters. The number of sulfonamides is 1. The number of aryl methyl sites for hydroxylation is 1. The zero-order chi connectivity index (χ0) is 19.4. The van der Waals surface area contributed by atoms with E-state index < -0.39 is 16.1 Å². The number of rotatable bonds is 6. The van der Waals surface area contributed by atoms with Crippen LogP contribution in [0.2, 0.25) is 0 Å². The summed E-state index contributed by atoms with van der Waals surface area (Å²) in [6.07, 6.45) is 0.257. The predicted molar refractivity (Wildman–Crippen MR) is 108 cm³/mol. The van der Waals surface area contributed by atoms with E-state index in [0.29, 0.717) is 23.7 Å². The van der Waals surface area contributed by atoms with Gasteiger partial charge in [-0.3, -0.25) is 9.10 Å². The number of hydrogen-bond acceptors (Lipinski definition) is 5. The highest BCUT2D eigenvalue weighted by Crippen LogP contribution is 2.35. The summed E-state index contributed by atoms with van der Waals surface area (Å²) in [6, 6.07) is 15.2. The van der Waals surface area contributed by atoms with Gasteiger partial charge in [-0.2, -0.15) is 0 Å². The van der Waals surface area contributed by atoms with E-state index in [1.165, 1.54) is 4.31 Å². The summed E-state index contributed by atoms with van der Waals surface area (Å²) in [5.74, 6) is 0.799. The fourth-order valence-corrected chi connectivity index (χ4v) is 4.48. The number of nitrogens with one attached hydrogen (secondary N) is 1. The molecule has 1 aliphatic rings. The molecule has 3 rings (SSSR count). The summed E-state index contributed by atoms with van der Waals surface area (Å²) >= 11 is 1.64. The number of fused-ring (bicyclic) bond motifs is 1. The number of hydrogen-bond donors (Lipinski definition) is 1. The van der Waals surface area contributed by atoms with Gasteiger partial charge >= 0.3 is 0 Å². The molecular formula is C19H22N2O4S2. The van der Waals surface area contributed by atoms with Crippen LogP contribution in [-0.4, -0.2) is 45.5 Å². The van der Waals surface area contributed by atoms with Gasteiger partial charge in [0.25, 0.3) is 5.91 Å². The lowest BCUT2D eigenvalue weighted by Gasteiger charge is -2.34. The molecule has 27 heavy (non-hydrogen) atoms. The number of benzene rings is 2. The van der Waals surface area contributed by atoms with Gasteiger partial charge in [0.2, 0.25) is 10.0 Å². The average molecular weight is 407 g/mol. The van der Waals surface area contributed by atoms with Crippen molar-refractivity contribution >= 4 is 33.4 Å². The lowest BCUT2D eigenvalue weighted by atomic mass is 10.1. The van der Waals surface area contributed by atoms with Gasteiger partial charge in [-0.15, -0.1) is 11.8 Å². The van der Waals surface area contributed by atoms with Crippen LogP contribution in [0.3, 0.4) is 0 Å². The molecule has 6 nitrogen and oxygen atoms in total. The van der Waals surface area contributed by atoms with E-state index >= 15 is 0 Å². The van der Waals surface area contributed by atoms with Crippen LogP contribution in [0.1, 0.15) is 5.56 Å². The van der Waals surface area contributed by atoms with E-state index in [9.17, 15) is 13.2 Å². The SMILES string of the molecule is Cc1ccc2c(c1)N(S(C)(=O)=O)CC(C(=O)NCCSc1ccccc1)O2. The Hall–Kier alpha value is -2.19. The first-order chi connectivity index (χ1) is 12.8. The van der Waals surface area contributed by atoms with Crippen molar-refractivity contribution in [3.05, 3.63) is 54.1 Å². The first kappa shape index (κ1) is 19.6. The summed E-state index contributed by atoms with van der Waals surface area (Å²) < 4.78 is 31.4. The van der Waals surface area contributed by atoms with Crippen molar-refractivity contribution in [2.24, 2.45) is 0 Å². The van der Waals surface area contributed by atoms with Gasteiger partial charge in [0, 0.05) is 17.2 Å². The summed E-state index contributed by atoms with van der Waals surface area (Å²) in [4.78, 5) is 13.6. The molecule has 0 fully saturated rings. The normalized spacial score (nSPS) is 16.4. The minimum Gasteiger partial charge on any atom is -0.476 e. The van der Waals surface area contributed by atoms with E-state index in [-0.39, 0.29) is 12.5 Å². The molecule has 2 aromatic carbocycles. The molecule has 0 radical (unpaired) electrons. The Bertz CT molecular complexity index is 917. The summed E-state index contributed by atoms with van der Waals surface area (Å²) in [5.41, 5.74) is 1.40. The molecule has 0 saturated heterocycles. The molecule has 0 aliphatic carbocycles. The molecule has 1 unspecified atom stereocenters. The first-order valence-corrected chi connectivity index (χ1v) is 11.4. The third-order valence-corrected chi connectivity index (χ3v) is 6.25. The van der Waals surface area contributed by atoms with Crippen molar-refractivity contribution < 1.29 is 17.9 Å². The van der Waals surface area contributed by atoms with Crippen LogP contribution in [0, 0.1) is 6.92 Å². The Labute approximate surface area is 164 Å². The van der Waals surface area contributed by atoms with Crippen LogP contribution < -0.4 is 14.4 Å². The van der Waals surface area contributed by atoms with Crippen LogP contribution in [-0.2, 0) is 14.8 Å². The molecule has 0 spiro atoms. The number of amides is 1. The van der Waals surface area contributed by atoms with E-state index in [4.69, 9.17) is 4.74 Å². The quantitative estimate of drug-likeness (QED) is 0.589. The lowest BCUT2D eigenvalue weighted by molar-refractivity contribution is -0.127. The van der Waals surface area contributed by atoms with Gasteiger partial charge in [-0.25, -0.2) is 8.42 Å². The van der Waals surface area contributed by atoms with E-state index in [2.05, 4.69) is 5.32 Å². The minimum atomic E-state index is -3.51. The molecule has 0 bridgehead atoms. The van der Waals surface area contributed by atoms with Crippen LogP contribution >= 0.6 is 11.8 Å². The largest absolute Gasteiger partial charge is 0.476 e. The zero-order valence-electron chi connectivity index (χ0n) is 15.2. The standard InChI is InChI=1S/C19H22N2O4S2/c1-14-8-9-17-16(12-14)21(27(2,23)24)13-18(25-17)19(22)20-10-11-26-15-6-4-3-5-7-15/h3-9,12,18H,10-11,13H2,1-2H3,(H,20,22). The Morgan fingerprint density at radius 3 is 2.70 bits per heavy atom. The Morgan fingerprint density at radius 2 is 2.00 bits per heavy atom. The monoisotopic (exact) mass is 406 g/mol. The van der Waals surface area contributed by atoms with Gasteiger partial charge in [0.15, 0.2) is 6.10 Å². The average Bonchev–Trinajstić information content (AvgIpc) is 2.64. The van der Waals surface area contributed by atoms with Gasteiger partial charge in [0.05, 0.1) is 18.5 Å². The highest BCUT2D eigenvalue weighted by Gasteiger charge is 2.34. The number of nitrogens with zero attached hydrogens (tertiary/aromatic N) is 1. The number of anilines is 1. The molecule has 0 aromatic heterocycles. The highest BCUT2D eigenvalue weighted by atomic mass is 32.2. The summed E-state index contributed by atoms with van der Waals surface area (Å²) in [6.45, 7) is 2.31. The van der Waals surface area contributed by atoms with Gasteiger partial charge in [0.1, 0.15) is 5.75 Å². The van der Waals surface area contributed by atoms with Crippen molar-refractivity contribution in [1.29, 1.82) is 0 Å². The fraction of sp³-hybridized carbons (Fsp3) is 0.316. The van der Waals surface area contributed by atoms with Crippen molar-refractivity contribution in [1.82, 2.24) is 5.32 Å². The molecule has 1 aliphatic heterocycles. The second-order valence-corrected chi connectivity index (χ2v) is 9.40. The summed E-state index contributed by atoms with van der Waals surface area (Å²) in [5, 5.41) is 2.83. The van der Waals surface area contributed by atoms with Crippen LogP contribution in [0.15, 0.2) is 53.4 Å². The maximum atomic E-state index is 12.5. The third-order valence-electron chi connectivity index (χ3n) is 4.09. The number of ether oxygens (including phenoxy) is 1. The van der Waals surface area contributed by atoms with Crippen LogP contribution in [0.5, 0.6) is 5.75 Å². The molecule has 1 amide bonds. The van der Waals surface area contributed by atoms with Crippen molar-refractivity contribution in [2.75, 3.05) is 29.4 Å². The molecule has 8 heteroatoms. The Morgan fingerprint density at radius 1 is 1.26 bits per heavy atom. The van der Waals surface area contributed by atoms with E-state index in [1.54, 1.807) is 23.9 Å². The first-order valence-electron chi connectivity index (χ1n) is 8.55. The zero-order valence-corrected chi connectivity index (χ0v) is 16.8. The van der Waals surface area contributed by atoms with Gasteiger partial charge in [-0.05, 0) is 36.8 Å². The second kappa shape index (κ2) is 8.22. The Balaban J connectivity index is 1.63. The van der Waals surface area contributed by atoms with Crippen molar-refractivity contribution in [3.63, 3.8) is 0 Å². The van der Waals surface area contributed by atoms with Crippen molar-refractivity contribution in [2.45, 2.75) is 17.9 Å². The topological polar surface area (TPSA) is 75.7 Å². The predicted octanol–water partition coefficient (Wildman–Crippen LogP) is 2.43. The highest BCUT2D eigenvalue weighted by molar-refractivity contribution is 7.99. The van der Waals surface area contributed by atoms with E-state index in [0.717, 1.165) is 16.7 Å². The van der Waals surface area contributed by atoms with Gasteiger partial charge < -0.3 is 10.1 Å². The maximum Gasteiger partial charge on any atom is 0.263 e. The molecule has 1 heterocycles. The third kappa shape index (κ3) is 4.95. The molecule has 2 aromatic rings. The lowest BCUT2D eigenvalue weighted by Crippen LogP contribution is -2.50. The van der Waals surface area contributed by atoms with Gasteiger partial charge in [-0.1, -0.05) is 24.3 Å². The Kier molecular flexibility index (Phi) is 5.96. The fourth-order valence-electron chi connectivity index (χ4n) is 2.79. The molecular weight excluding hydrogens is 384 g/mol.